The van der Waals surface area contributed by atoms with E-state index in [0.29, 0.717) is 0 Å². The molecule has 0 aromatic rings. The second kappa shape index (κ2) is 24.7. The molecule has 0 aliphatic rings. The van der Waals surface area contributed by atoms with Crippen molar-refractivity contribution in [3.63, 3.8) is 0 Å². The van der Waals surface area contributed by atoms with Crippen LogP contribution < -0.4 is 0 Å². The molecule has 30 valence electrons. The Balaban J connectivity index is 0. The predicted octanol–water partition coefficient (Wildman–Crippen LogP) is -2.66. The molecule has 0 atom stereocenters. The molecule has 0 bridgehead atoms. The van der Waals surface area contributed by atoms with Crippen molar-refractivity contribution in [3.8, 4) is 0 Å². The second-order valence-electron chi connectivity index (χ2n) is 0. The topological polar surface area (TPSA) is 31.5 Å². The van der Waals surface area contributed by atoms with Gasteiger partial charge < -0.3 is 5.48 Å². The molecular formula is H6CaFeMoOSr. The van der Waals surface area contributed by atoms with Gasteiger partial charge in [0.15, 0.2) is 0 Å². The molecule has 5 heteroatoms. The van der Waals surface area contributed by atoms with Gasteiger partial charge in [0.2, 0.25) is 0 Å². The zero-order valence-electron chi connectivity index (χ0n) is 1.26. The predicted molar refractivity (Wildman–Crippen MR) is 20.7 cm³/mol. The molecule has 0 fully saturated rings. The third-order valence-electron chi connectivity index (χ3n) is 0. The van der Waals surface area contributed by atoms with E-state index in [1.165, 1.54) is 0 Å². The molecule has 0 aromatic carbocycles. The fourth-order valence-electron chi connectivity index (χ4n) is 0. The summed E-state index contributed by atoms with van der Waals surface area (Å²) >= 11 is 0. The van der Waals surface area contributed by atoms with Crippen LogP contribution in [0.4, 0.5) is 0 Å². The Bertz CT molecular complexity index is 11.6. The molecule has 2 N–H and O–H groups in total. The Hall–Kier alpha value is 3.91. The molecular weight excluding hydrogens is 295 g/mol. The van der Waals surface area contributed by atoms with E-state index in [9.17, 15) is 0 Å². The third kappa shape index (κ3) is 18.1. The number of hydrogen-bond donors (Lipinski definition) is 0. The van der Waals surface area contributed by atoms with Gasteiger partial charge in [0.25, 0.3) is 0 Å². The van der Waals surface area contributed by atoms with Crippen LogP contribution in [0, 0.1) is 0 Å². The van der Waals surface area contributed by atoms with Crippen molar-refractivity contribution >= 4 is 83.2 Å². The van der Waals surface area contributed by atoms with Gasteiger partial charge in [0.1, 0.15) is 0 Å². The van der Waals surface area contributed by atoms with E-state index >= 15 is 0 Å². The summed E-state index contributed by atoms with van der Waals surface area (Å²) in [7, 11) is 0. The van der Waals surface area contributed by atoms with Gasteiger partial charge in [-0.25, -0.2) is 0 Å². The van der Waals surface area contributed by atoms with E-state index in [2.05, 4.69) is 0 Å². The maximum absolute atomic E-state index is 0. The first-order valence-electron chi connectivity index (χ1n) is 0. The van der Waals surface area contributed by atoms with Crippen LogP contribution in [0.2, 0.25) is 0 Å². The number of rotatable bonds is 0. The molecule has 0 saturated carbocycles. The SMILES string of the molecule is O.[CaH2].[Fe].[Mo].[SrH2]. The first kappa shape index (κ1) is 36.5. The van der Waals surface area contributed by atoms with E-state index in [1.807, 2.05) is 0 Å². The van der Waals surface area contributed by atoms with Gasteiger partial charge in [-0.15, -0.1) is 0 Å². The molecule has 0 rings (SSSR count). The standard InChI is InChI=1S/Ca.Fe.Mo.H2O.Sr.4H/h;;;1H2;;;;;. The summed E-state index contributed by atoms with van der Waals surface area (Å²) in [5, 5.41) is 0. The minimum absolute atomic E-state index is 0. The van der Waals surface area contributed by atoms with Crippen molar-refractivity contribution in [3.05, 3.63) is 0 Å². The third-order valence-corrected chi connectivity index (χ3v) is 0. The van der Waals surface area contributed by atoms with Crippen LogP contribution in [0.15, 0.2) is 0 Å². The summed E-state index contributed by atoms with van der Waals surface area (Å²) in [4.78, 5) is 0. The second-order valence-corrected chi connectivity index (χ2v) is 0. The fraction of sp³-hybridized carbons (Fsp3) is 0. The van der Waals surface area contributed by atoms with Crippen molar-refractivity contribution in [1.29, 1.82) is 0 Å². The van der Waals surface area contributed by atoms with E-state index < -0.39 is 0 Å². The van der Waals surface area contributed by atoms with Crippen molar-refractivity contribution in [2.75, 3.05) is 0 Å². The Kier molecular flexibility index (Phi) is 180. The van der Waals surface area contributed by atoms with Crippen molar-refractivity contribution in [2.24, 2.45) is 0 Å². The molecule has 1 nitrogen and oxygen atoms in total. The fourth-order valence-corrected chi connectivity index (χ4v) is 0. The molecule has 0 radical (unpaired) electrons. The maximum atomic E-state index is 0. The van der Waals surface area contributed by atoms with Gasteiger partial charge >= 0.3 is 83.2 Å². The molecule has 0 aromatic heterocycles. The van der Waals surface area contributed by atoms with Gasteiger partial charge in [-0.3, -0.25) is 0 Å². The monoisotopic (exact) mass is 304 g/mol. The van der Waals surface area contributed by atoms with Gasteiger partial charge in [-0.1, -0.05) is 0 Å². The molecule has 0 unspecified atom stereocenters. The van der Waals surface area contributed by atoms with Crippen molar-refractivity contribution in [1.82, 2.24) is 0 Å². The summed E-state index contributed by atoms with van der Waals surface area (Å²) in [6, 6.07) is 0. The number of hydrogen-bond acceptors (Lipinski definition) is 0. The van der Waals surface area contributed by atoms with Crippen LogP contribution in [0.1, 0.15) is 0 Å². The summed E-state index contributed by atoms with van der Waals surface area (Å²) in [6.07, 6.45) is 0. The van der Waals surface area contributed by atoms with Crippen LogP contribution in [-0.4, -0.2) is 88.7 Å². The molecule has 0 amide bonds. The summed E-state index contributed by atoms with van der Waals surface area (Å²) in [6.45, 7) is 0. The zero-order chi connectivity index (χ0) is 0. The Morgan fingerprint density at radius 2 is 1.00 bits per heavy atom. The van der Waals surface area contributed by atoms with E-state index in [4.69, 9.17) is 0 Å². The zero-order valence-corrected chi connectivity index (χ0v) is 4.37. The minimum atomic E-state index is 0. The van der Waals surface area contributed by atoms with E-state index in [1.54, 1.807) is 0 Å². The van der Waals surface area contributed by atoms with Gasteiger partial charge in [0, 0.05) is 38.1 Å². The molecule has 5 heavy (non-hydrogen) atoms. The molecule has 0 saturated heterocycles. The van der Waals surface area contributed by atoms with E-state index in [-0.39, 0.29) is 127 Å². The van der Waals surface area contributed by atoms with Crippen molar-refractivity contribution < 1.29 is 43.6 Å². The van der Waals surface area contributed by atoms with Crippen LogP contribution >= 0.6 is 0 Å². The van der Waals surface area contributed by atoms with Gasteiger partial charge in [-0.05, 0) is 0 Å². The van der Waals surface area contributed by atoms with Crippen LogP contribution in [0.25, 0.3) is 0 Å². The summed E-state index contributed by atoms with van der Waals surface area (Å²) < 4.78 is 0. The Labute approximate surface area is 123 Å². The van der Waals surface area contributed by atoms with Gasteiger partial charge in [-0.2, -0.15) is 0 Å². The quantitative estimate of drug-likeness (QED) is 0.438. The van der Waals surface area contributed by atoms with Crippen LogP contribution in [0.5, 0.6) is 0 Å². The Morgan fingerprint density at radius 1 is 1.00 bits per heavy atom. The molecule has 0 spiro atoms. The van der Waals surface area contributed by atoms with Crippen molar-refractivity contribution in [2.45, 2.75) is 0 Å². The summed E-state index contributed by atoms with van der Waals surface area (Å²) in [5.41, 5.74) is 0. The van der Waals surface area contributed by atoms with E-state index in [0.717, 1.165) is 0 Å². The molecule has 0 heterocycles. The normalized spacial score (nSPS) is 0. The summed E-state index contributed by atoms with van der Waals surface area (Å²) in [5.74, 6) is 0. The first-order valence-corrected chi connectivity index (χ1v) is 0. The molecule has 0 aliphatic heterocycles. The first-order chi connectivity index (χ1) is 0. The van der Waals surface area contributed by atoms with Gasteiger partial charge in [0.05, 0.1) is 0 Å². The average molecular weight is 302 g/mol. The average Bonchev–Trinajstić information content (AvgIpc) is 0. The molecule has 0 aliphatic carbocycles. The van der Waals surface area contributed by atoms with Crippen LogP contribution in [-0.2, 0) is 38.1 Å². The van der Waals surface area contributed by atoms with Crippen LogP contribution in [0.3, 0.4) is 0 Å². The Morgan fingerprint density at radius 3 is 1.00 bits per heavy atom.